The molecule has 0 bridgehead atoms. The van der Waals surface area contributed by atoms with Gasteiger partial charge in [0.05, 0.1) is 11.1 Å². The molecule has 106 valence electrons. The minimum absolute atomic E-state index is 0.0649. The van der Waals surface area contributed by atoms with Crippen LogP contribution in [0, 0.1) is 10.1 Å². The summed E-state index contributed by atoms with van der Waals surface area (Å²) in [4.78, 5) is 21.8. The first-order valence-electron chi connectivity index (χ1n) is 5.90. The average molecular weight is 348 g/mol. The van der Waals surface area contributed by atoms with E-state index < -0.39 is 10.8 Å². The number of carbonyl (C=O) groups is 1. The van der Waals surface area contributed by atoms with Gasteiger partial charge in [0.15, 0.2) is 0 Å². The second-order valence-electron chi connectivity index (χ2n) is 4.05. The zero-order valence-corrected chi connectivity index (χ0v) is 12.3. The summed E-state index contributed by atoms with van der Waals surface area (Å²) in [6.07, 6.45) is 1.51. The molecule has 2 rings (SSSR count). The monoisotopic (exact) mass is 347 g/mol. The Labute approximate surface area is 128 Å². The van der Waals surface area contributed by atoms with Crippen LogP contribution in [0.15, 0.2) is 58.1 Å². The van der Waals surface area contributed by atoms with Crippen LogP contribution in [0.2, 0.25) is 0 Å². The van der Waals surface area contributed by atoms with Crippen LogP contribution >= 0.6 is 15.9 Å². The summed E-state index contributed by atoms with van der Waals surface area (Å²) in [6.45, 7) is 0. The number of halogens is 1. The Bertz CT molecular complexity index is 682. The van der Waals surface area contributed by atoms with Crippen molar-refractivity contribution in [2.75, 3.05) is 0 Å². The normalized spacial score (nSPS) is 10.5. The molecule has 0 aliphatic rings. The number of amides is 1. The molecule has 0 aliphatic carbocycles. The van der Waals surface area contributed by atoms with Gasteiger partial charge in [-0.15, -0.1) is 0 Å². The predicted octanol–water partition coefficient (Wildman–Crippen LogP) is 3.12. The van der Waals surface area contributed by atoms with E-state index in [0.717, 1.165) is 10.0 Å². The van der Waals surface area contributed by atoms with Crippen molar-refractivity contribution < 1.29 is 9.72 Å². The third-order valence-corrected chi connectivity index (χ3v) is 3.12. The number of nitrogens with zero attached hydrogens (tertiary/aromatic N) is 2. The number of nitro groups is 1. The molecule has 1 amide bonds. The third kappa shape index (κ3) is 4.22. The fourth-order valence-electron chi connectivity index (χ4n) is 1.51. The molecule has 0 fully saturated rings. The van der Waals surface area contributed by atoms with Gasteiger partial charge in [-0.2, -0.15) is 5.10 Å². The Hall–Kier alpha value is -2.54. The maximum atomic E-state index is 11.8. The molecule has 0 spiro atoms. The van der Waals surface area contributed by atoms with Crippen molar-refractivity contribution in [1.29, 1.82) is 0 Å². The summed E-state index contributed by atoms with van der Waals surface area (Å²) in [5, 5.41) is 14.3. The second-order valence-corrected chi connectivity index (χ2v) is 4.97. The molecule has 2 aromatic carbocycles. The van der Waals surface area contributed by atoms with Crippen LogP contribution in [-0.2, 0) is 0 Å². The van der Waals surface area contributed by atoms with Crippen LogP contribution in [0.25, 0.3) is 0 Å². The van der Waals surface area contributed by atoms with E-state index in [-0.39, 0.29) is 5.69 Å². The lowest BCUT2D eigenvalue weighted by Crippen LogP contribution is -2.17. The summed E-state index contributed by atoms with van der Waals surface area (Å²) < 4.78 is 0.953. The van der Waals surface area contributed by atoms with Gasteiger partial charge in [-0.05, 0) is 29.8 Å². The Kier molecular flexibility index (Phi) is 4.78. The van der Waals surface area contributed by atoms with E-state index in [4.69, 9.17) is 0 Å². The van der Waals surface area contributed by atoms with E-state index in [1.165, 1.54) is 30.5 Å². The minimum atomic E-state index is -0.520. The van der Waals surface area contributed by atoms with Crippen LogP contribution in [0.5, 0.6) is 0 Å². The van der Waals surface area contributed by atoms with E-state index in [9.17, 15) is 14.9 Å². The fraction of sp³-hybridized carbons (Fsp3) is 0. The van der Waals surface area contributed by atoms with Gasteiger partial charge in [-0.1, -0.05) is 28.1 Å². The average Bonchev–Trinajstić information content (AvgIpc) is 2.49. The topological polar surface area (TPSA) is 84.6 Å². The number of hydrogen-bond donors (Lipinski definition) is 1. The Morgan fingerprint density at radius 2 is 1.76 bits per heavy atom. The highest BCUT2D eigenvalue weighted by molar-refractivity contribution is 9.10. The molecule has 7 heteroatoms. The van der Waals surface area contributed by atoms with Crippen LogP contribution < -0.4 is 5.43 Å². The molecule has 1 N–H and O–H groups in total. The van der Waals surface area contributed by atoms with Gasteiger partial charge in [0, 0.05) is 22.2 Å². The van der Waals surface area contributed by atoms with Gasteiger partial charge in [0.1, 0.15) is 0 Å². The molecule has 0 aliphatic heterocycles. The first-order valence-corrected chi connectivity index (χ1v) is 6.69. The number of nitro benzene ring substituents is 1. The van der Waals surface area contributed by atoms with Crippen LogP contribution in [0.1, 0.15) is 15.9 Å². The molecular formula is C14H10BrN3O3. The van der Waals surface area contributed by atoms with Gasteiger partial charge in [-0.25, -0.2) is 5.43 Å². The van der Waals surface area contributed by atoms with E-state index in [2.05, 4.69) is 26.5 Å². The van der Waals surface area contributed by atoms with Crippen molar-refractivity contribution in [1.82, 2.24) is 5.43 Å². The van der Waals surface area contributed by atoms with Gasteiger partial charge < -0.3 is 0 Å². The van der Waals surface area contributed by atoms with Gasteiger partial charge in [0.2, 0.25) is 0 Å². The lowest BCUT2D eigenvalue weighted by atomic mass is 10.2. The summed E-state index contributed by atoms with van der Waals surface area (Å²) in [7, 11) is 0. The molecule has 21 heavy (non-hydrogen) atoms. The number of rotatable bonds is 4. The van der Waals surface area contributed by atoms with Crippen molar-refractivity contribution >= 4 is 33.7 Å². The number of nitrogens with one attached hydrogen (secondary N) is 1. The molecule has 0 unspecified atom stereocenters. The second kappa shape index (κ2) is 6.76. The van der Waals surface area contributed by atoms with Gasteiger partial charge in [-0.3, -0.25) is 14.9 Å². The maximum Gasteiger partial charge on any atom is 0.271 e. The molecule has 0 aromatic heterocycles. The SMILES string of the molecule is O=C(N/N=C/c1ccc(Br)cc1)c1ccc([N+](=O)[O-])cc1. The molecule has 0 heterocycles. The summed E-state index contributed by atoms with van der Waals surface area (Å²) in [5.41, 5.74) is 3.43. The lowest BCUT2D eigenvalue weighted by molar-refractivity contribution is -0.384. The standard InChI is InChI=1S/C14H10BrN3O3/c15-12-5-1-10(2-6-12)9-16-17-14(19)11-3-7-13(8-4-11)18(20)21/h1-9H,(H,17,19)/b16-9+. The fourth-order valence-corrected chi connectivity index (χ4v) is 1.78. The van der Waals surface area contributed by atoms with E-state index in [1.807, 2.05) is 24.3 Å². The number of benzene rings is 2. The Morgan fingerprint density at radius 3 is 2.33 bits per heavy atom. The number of non-ortho nitro benzene ring substituents is 1. The van der Waals surface area contributed by atoms with Crippen molar-refractivity contribution in [2.24, 2.45) is 5.10 Å². The van der Waals surface area contributed by atoms with E-state index >= 15 is 0 Å². The third-order valence-electron chi connectivity index (χ3n) is 2.59. The van der Waals surface area contributed by atoms with Crippen molar-refractivity contribution in [3.05, 3.63) is 74.2 Å². The maximum absolute atomic E-state index is 11.8. The van der Waals surface area contributed by atoms with Gasteiger partial charge >= 0.3 is 0 Å². The quantitative estimate of drug-likeness (QED) is 0.523. The van der Waals surface area contributed by atoms with Crippen LogP contribution in [0.3, 0.4) is 0 Å². The highest BCUT2D eigenvalue weighted by Crippen LogP contribution is 2.12. The first-order chi connectivity index (χ1) is 10.1. The van der Waals surface area contributed by atoms with E-state index in [0.29, 0.717) is 5.56 Å². The Morgan fingerprint density at radius 1 is 1.14 bits per heavy atom. The van der Waals surface area contributed by atoms with Crippen LogP contribution in [-0.4, -0.2) is 17.0 Å². The zero-order chi connectivity index (χ0) is 15.2. The lowest BCUT2D eigenvalue weighted by Gasteiger charge is -1.99. The summed E-state index contributed by atoms with van der Waals surface area (Å²) in [6, 6.07) is 12.7. The molecule has 0 radical (unpaired) electrons. The molecule has 0 saturated heterocycles. The van der Waals surface area contributed by atoms with Crippen molar-refractivity contribution in [3.8, 4) is 0 Å². The van der Waals surface area contributed by atoms with Crippen molar-refractivity contribution in [2.45, 2.75) is 0 Å². The minimum Gasteiger partial charge on any atom is -0.267 e. The predicted molar refractivity (Wildman–Crippen MR) is 82.3 cm³/mol. The number of carbonyl (C=O) groups excluding carboxylic acids is 1. The summed E-state index contributed by atoms with van der Waals surface area (Å²) in [5.74, 6) is -0.432. The molecule has 6 nitrogen and oxygen atoms in total. The van der Waals surface area contributed by atoms with Crippen LogP contribution in [0.4, 0.5) is 5.69 Å². The highest BCUT2D eigenvalue weighted by Gasteiger charge is 2.08. The molecule has 0 atom stereocenters. The molecular weight excluding hydrogens is 338 g/mol. The first kappa shape index (κ1) is 14.9. The Balaban J connectivity index is 1.98. The smallest absolute Gasteiger partial charge is 0.267 e. The summed E-state index contributed by atoms with van der Waals surface area (Å²) >= 11 is 3.32. The van der Waals surface area contributed by atoms with Crippen molar-refractivity contribution in [3.63, 3.8) is 0 Å². The zero-order valence-electron chi connectivity index (χ0n) is 10.7. The number of hydrogen-bond acceptors (Lipinski definition) is 4. The highest BCUT2D eigenvalue weighted by atomic mass is 79.9. The molecule has 0 saturated carbocycles. The largest absolute Gasteiger partial charge is 0.271 e. The van der Waals surface area contributed by atoms with Gasteiger partial charge in [0.25, 0.3) is 11.6 Å². The number of hydrazone groups is 1. The molecule has 2 aromatic rings. The van der Waals surface area contributed by atoms with E-state index in [1.54, 1.807) is 0 Å².